The summed E-state index contributed by atoms with van der Waals surface area (Å²) in [5.41, 5.74) is -1.08. The van der Waals surface area contributed by atoms with Gasteiger partial charge in [-0.05, 0) is 30.9 Å². The van der Waals surface area contributed by atoms with Crippen LogP contribution in [-0.4, -0.2) is 29.8 Å². The first kappa shape index (κ1) is 19.3. The Morgan fingerprint density at radius 2 is 1.80 bits per heavy atom. The van der Waals surface area contributed by atoms with Gasteiger partial charge in [-0.25, -0.2) is 0 Å². The fourth-order valence-corrected chi connectivity index (χ4v) is 2.94. The Bertz CT molecular complexity index is 621. The highest BCUT2D eigenvalue weighted by atomic mass is 19.4. The molecule has 0 aromatic heterocycles. The first-order valence-corrected chi connectivity index (χ1v) is 8.43. The number of hydrogen-bond donors (Lipinski definition) is 1. The lowest BCUT2D eigenvalue weighted by atomic mass is 9.95. The molecule has 1 aliphatic heterocycles. The number of halogens is 3. The van der Waals surface area contributed by atoms with Gasteiger partial charge in [-0.3, -0.25) is 9.59 Å². The van der Waals surface area contributed by atoms with Gasteiger partial charge < -0.3 is 10.2 Å². The first-order chi connectivity index (χ1) is 11.7. The Balaban J connectivity index is 1.95. The molecule has 138 valence electrons. The Labute approximate surface area is 145 Å². The van der Waals surface area contributed by atoms with Crippen LogP contribution in [0, 0.1) is 11.8 Å². The van der Waals surface area contributed by atoms with Crippen molar-refractivity contribution in [1.29, 1.82) is 0 Å². The molecule has 1 aliphatic rings. The third-order valence-electron chi connectivity index (χ3n) is 4.29. The van der Waals surface area contributed by atoms with E-state index in [1.165, 1.54) is 18.2 Å². The lowest BCUT2D eigenvalue weighted by molar-refractivity contribution is -0.137. The molecule has 1 heterocycles. The second kappa shape index (κ2) is 7.89. The van der Waals surface area contributed by atoms with Gasteiger partial charge in [0.05, 0.1) is 11.3 Å². The molecule has 0 aliphatic carbocycles. The van der Waals surface area contributed by atoms with Crippen molar-refractivity contribution in [2.75, 3.05) is 18.4 Å². The SMILES string of the molecule is CC(C)CC(=O)N1CCC(C(=O)Nc2ccccc2C(F)(F)F)CC1. The van der Waals surface area contributed by atoms with Crippen LogP contribution in [-0.2, 0) is 15.8 Å². The summed E-state index contributed by atoms with van der Waals surface area (Å²) in [6, 6.07) is 4.94. The van der Waals surface area contributed by atoms with Gasteiger partial charge in [0, 0.05) is 25.4 Å². The minimum atomic E-state index is -4.52. The lowest BCUT2D eigenvalue weighted by Crippen LogP contribution is -2.41. The number of nitrogens with zero attached hydrogens (tertiary/aromatic N) is 1. The molecule has 1 saturated heterocycles. The number of nitrogens with one attached hydrogen (secondary N) is 1. The summed E-state index contributed by atoms with van der Waals surface area (Å²) >= 11 is 0. The van der Waals surface area contributed by atoms with Crippen molar-refractivity contribution in [3.05, 3.63) is 29.8 Å². The lowest BCUT2D eigenvalue weighted by Gasteiger charge is -2.32. The monoisotopic (exact) mass is 356 g/mol. The van der Waals surface area contributed by atoms with E-state index in [0.717, 1.165) is 6.07 Å². The minimum Gasteiger partial charge on any atom is -0.343 e. The third kappa shape index (κ3) is 5.21. The fourth-order valence-electron chi connectivity index (χ4n) is 2.94. The number of anilines is 1. The van der Waals surface area contributed by atoms with Gasteiger partial charge in [0.1, 0.15) is 0 Å². The van der Waals surface area contributed by atoms with E-state index < -0.39 is 17.6 Å². The number of para-hydroxylation sites is 1. The van der Waals surface area contributed by atoms with Crippen molar-refractivity contribution in [3.63, 3.8) is 0 Å². The normalized spacial score (nSPS) is 16.2. The summed E-state index contributed by atoms with van der Waals surface area (Å²) in [6.45, 7) is 4.86. The first-order valence-electron chi connectivity index (χ1n) is 8.43. The van der Waals surface area contributed by atoms with Crippen LogP contribution in [0.15, 0.2) is 24.3 Å². The van der Waals surface area contributed by atoms with Gasteiger partial charge in [-0.2, -0.15) is 13.2 Å². The number of alkyl halides is 3. The van der Waals surface area contributed by atoms with Crippen molar-refractivity contribution >= 4 is 17.5 Å². The van der Waals surface area contributed by atoms with Crippen molar-refractivity contribution < 1.29 is 22.8 Å². The zero-order valence-electron chi connectivity index (χ0n) is 14.4. The van der Waals surface area contributed by atoms with Gasteiger partial charge in [0.2, 0.25) is 11.8 Å². The van der Waals surface area contributed by atoms with Crippen LogP contribution in [0.4, 0.5) is 18.9 Å². The molecule has 2 amide bonds. The molecule has 1 aromatic carbocycles. The summed E-state index contributed by atoms with van der Waals surface area (Å²) in [7, 11) is 0. The van der Waals surface area contributed by atoms with Gasteiger partial charge in [0.25, 0.3) is 0 Å². The van der Waals surface area contributed by atoms with Crippen LogP contribution in [0.5, 0.6) is 0 Å². The molecule has 0 bridgehead atoms. The maximum absolute atomic E-state index is 13.0. The number of carbonyl (C=O) groups is 2. The van der Waals surface area contributed by atoms with E-state index in [0.29, 0.717) is 32.4 Å². The second-order valence-electron chi connectivity index (χ2n) is 6.79. The van der Waals surface area contributed by atoms with E-state index in [4.69, 9.17) is 0 Å². The molecule has 0 saturated carbocycles. The average Bonchev–Trinajstić information content (AvgIpc) is 2.54. The molecule has 0 spiro atoms. The summed E-state index contributed by atoms with van der Waals surface area (Å²) in [6.07, 6.45) is -3.12. The largest absolute Gasteiger partial charge is 0.418 e. The molecule has 4 nitrogen and oxygen atoms in total. The number of rotatable bonds is 4. The maximum Gasteiger partial charge on any atom is 0.418 e. The zero-order valence-corrected chi connectivity index (χ0v) is 14.4. The highest BCUT2D eigenvalue weighted by Gasteiger charge is 2.34. The predicted octanol–water partition coefficient (Wildman–Crippen LogP) is 3.93. The highest BCUT2D eigenvalue weighted by molar-refractivity contribution is 5.93. The summed E-state index contributed by atoms with van der Waals surface area (Å²) in [5, 5.41) is 2.40. The molecule has 0 atom stereocenters. The van der Waals surface area contributed by atoms with E-state index in [2.05, 4.69) is 5.32 Å². The average molecular weight is 356 g/mol. The molecule has 25 heavy (non-hydrogen) atoms. The number of benzene rings is 1. The Morgan fingerprint density at radius 1 is 1.20 bits per heavy atom. The van der Waals surface area contributed by atoms with Crippen LogP contribution < -0.4 is 5.32 Å². The van der Waals surface area contributed by atoms with Crippen molar-refractivity contribution in [2.45, 2.75) is 39.3 Å². The van der Waals surface area contributed by atoms with E-state index in [1.54, 1.807) is 4.90 Å². The van der Waals surface area contributed by atoms with Gasteiger partial charge in [-0.1, -0.05) is 26.0 Å². The molecule has 2 rings (SSSR count). The second-order valence-corrected chi connectivity index (χ2v) is 6.79. The van der Waals surface area contributed by atoms with Crippen LogP contribution in [0.3, 0.4) is 0 Å². The number of carbonyl (C=O) groups excluding carboxylic acids is 2. The molecule has 0 unspecified atom stereocenters. The zero-order chi connectivity index (χ0) is 18.6. The van der Waals surface area contributed by atoms with Crippen LogP contribution >= 0.6 is 0 Å². The van der Waals surface area contributed by atoms with E-state index in [1.807, 2.05) is 13.8 Å². The predicted molar refractivity (Wildman–Crippen MR) is 88.8 cm³/mol. The summed E-state index contributed by atoms with van der Waals surface area (Å²) in [4.78, 5) is 26.1. The Kier molecular flexibility index (Phi) is 6.08. The molecule has 1 N–H and O–H groups in total. The van der Waals surface area contributed by atoms with E-state index in [-0.39, 0.29) is 23.4 Å². The van der Waals surface area contributed by atoms with Crippen LogP contribution in [0.1, 0.15) is 38.7 Å². The minimum absolute atomic E-state index is 0.0660. The topological polar surface area (TPSA) is 49.4 Å². The summed E-state index contributed by atoms with van der Waals surface area (Å²) in [5.74, 6) is -0.472. The van der Waals surface area contributed by atoms with E-state index >= 15 is 0 Å². The molecule has 1 aromatic rings. The third-order valence-corrected chi connectivity index (χ3v) is 4.29. The van der Waals surface area contributed by atoms with Crippen molar-refractivity contribution in [3.8, 4) is 0 Å². The van der Waals surface area contributed by atoms with E-state index in [9.17, 15) is 22.8 Å². The summed E-state index contributed by atoms with van der Waals surface area (Å²) < 4.78 is 39.0. The molecule has 1 fully saturated rings. The Morgan fingerprint density at radius 3 is 2.36 bits per heavy atom. The molecule has 0 radical (unpaired) electrons. The van der Waals surface area contributed by atoms with Crippen molar-refractivity contribution in [1.82, 2.24) is 4.90 Å². The fraction of sp³-hybridized carbons (Fsp3) is 0.556. The molecular formula is C18H23F3N2O2. The van der Waals surface area contributed by atoms with Crippen LogP contribution in [0.25, 0.3) is 0 Å². The molecule has 7 heteroatoms. The number of amides is 2. The maximum atomic E-state index is 13.0. The van der Waals surface area contributed by atoms with Gasteiger partial charge in [0.15, 0.2) is 0 Å². The number of likely N-dealkylation sites (tertiary alicyclic amines) is 1. The smallest absolute Gasteiger partial charge is 0.343 e. The Hall–Kier alpha value is -2.05. The number of hydrogen-bond acceptors (Lipinski definition) is 2. The highest BCUT2D eigenvalue weighted by Crippen LogP contribution is 2.35. The number of piperidine rings is 1. The van der Waals surface area contributed by atoms with Gasteiger partial charge in [-0.15, -0.1) is 0 Å². The quantitative estimate of drug-likeness (QED) is 0.889. The standard InChI is InChI=1S/C18H23F3N2O2/c1-12(2)11-16(24)23-9-7-13(8-10-23)17(25)22-15-6-4-3-5-14(15)18(19,20)21/h3-6,12-13H,7-11H2,1-2H3,(H,22,25). The van der Waals surface area contributed by atoms with Gasteiger partial charge >= 0.3 is 6.18 Å². The van der Waals surface area contributed by atoms with Crippen molar-refractivity contribution in [2.24, 2.45) is 11.8 Å². The molecular weight excluding hydrogens is 333 g/mol. The van der Waals surface area contributed by atoms with Crippen LogP contribution in [0.2, 0.25) is 0 Å².